The Morgan fingerprint density at radius 3 is 2.26 bits per heavy atom. The van der Waals surface area contributed by atoms with Crippen LogP contribution in [0, 0.1) is 0 Å². The minimum atomic E-state index is -5.23. The van der Waals surface area contributed by atoms with E-state index in [0.29, 0.717) is 19.3 Å². The second kappa shape index (κ2) is 22.5. The van der Waals surface area contributed by atoms with Gasteiger partial charge >= 0.3 is 18.1 Å². The van der Waals surface area contributed by atoms with Crippen LogP contribution in [0.25, 0.3) is 0 Å². The van der Waals surface area contributed by atoms with E-state index in [4.69, 9.17) is 10.2 Å². The molecule has 39 heavy (non-hydrogen) atoms. The fourth-order valence-corrected chi connectivity index (χ4v) is 4.57. The molecule has 0 aromatic carbocycles. The number of allylic oxidation sites excluding steroid dienone is 5. The van der Waals surface area contributed by atoms with Gasteiger partial charge in [0, 0.05) is 17.6 Å². The summed E-state index contributed by atoms with van der Waals surface area (Å²) in [6.45, 7) is 1.30. The molecular weight excluding hydrogens is 537 g/mol. The third-order valence-corrected chi connectivity index (χ3v) is 6.91. The topological polar surface area (TPSA) is 136 Å². The van der Waals surface area contributed by atoms with Gasteiger partial charge in [0.25, 0.3) is 0 Å². The molecule has 0 aromatic rings. The summed E-state index contributed by atoms with van der Waals surface area (Å²) in [5.74, 6) is -5.16. The third-order valence-electron chi connectivity index (χ3n) is 5.53. The van der Waals surface area contributed by atoms with Crippen LogP contribution in [0.4, 0.5) is 13.2 Å². The van der Waals surface area contributed by atoms with E-state index in [-0.39, 0.29) is 12.4 Å². The van der Waals surface area contributed by atoms with Crippen LogP contribution >= 0.6 is 11.8 Å². The number of nitrogens with one attached hydrogen (secondary N) is 2. The number of thioether (sulfide) groups is 1. The van der Waals surface area contributed by atoms with Crippen LogP contribution in [0.15, 0.2) is 36.5 Å². The van der Waals surface area contributed by atoms with Crippen LogP contribution in [0.1, 0.15) is 71.1 Å². The van der Waals surface area contributed by atoms with E-state index in [1.807, 2.05) is 17.5 Å². The van der Waals surface area contributed by atoms with Crippen LogP contribution in [-0.2, 0) is 14.4 Å². The van der Waals surface area contributed by atoms with Crippen molar-refractivity contribution in [3.63, 3.8) is 0 Å². The molecule has 0 heterocycles. The molecule has 0 saturated carbocycles. The fraction of sp³-hybridized carbons (Fsp3) is 0.667. The van der Waals surface area contributed by atoms with E-state index >= 15 is 0 Å². The van der Waals surface area contributed by atoms with Gasteiger partial charge in [0.2, 0.25) is 5.91 Å². The predicted octanol–water partition coefficient (Wildman–Crippen LogP) is 4.28. The number of hydrogen-bond acceptors (Lipinski definition) is 6. The number of aliphatic hydroxyl groups excluding tert-OH is 2. The van der Waals surface area contributed by atoms with E-state index in [2.05, 4.69) is 13.0 Å². The Balaban J connectivity index is 5.17. The van der Waals surface area contributed by atoms with Gasteiger partial charge in [0.05, 0.1) is 6.10 Å². The number of carboxylic acids is 1. The molecule has 0 aromatic heterocycles. The van der Waals surface area contributed by atoms with Crippen molar-refractivity contribution in [2.45, 2.75) is 94.7 Å². The van der Waals surface area contributed by atoms with Crippen LogP contribution in [-0.4, -0.2) is 75.6 Å². The lowest BCUT2D eigenvalue weighted by atomic mass is 10.1. The van der Waals surface area contributed by atoms with E-state index in [1.165, 1.54) is 32.1 Å². The maximum Gasteiger partial charge on any atom is 0.471 e. The van der Waals surface area contributed by atoms with Crippen molar-refractivity contribution in [3.05, 3.63) is 36.5 Å². The lowest BCUT2D eigenvalue weighted by Gasteiger charge is -2.23. The van der Waals surface area contributed by atoms with Gasteiger partial charge in [0.15, 0.2) is 0 Å². The number of unbranched alkanes of at least 4 members (excludes halogenated alkanes) is 7. The Bertz CT molecular complexity index is 790. The molecular formula is C27H43F3N2O6S. The number of carbonyl (C=O) groups is 3. The second-order valence-electron chi connectivity index (χ2n) is 8.97. The summed E-state index contributed by atoms with van der Waals surface area (Å²) in [4.78, 5) is 34.4. The molecule has 0 aliphatic rings. The second-order valence-corrected chi connectivity index (χ2v) is 10.2. The number of aliphatic hydroxyl groups is 2. The number of rotatable bonds is 22. The summed E-state index contributed by atoms with van der Waals surface area (Å²) >= 11 is 0.952. The summed E-state index contributed by atoms with van der Waals surface area (Å²) in [5.41, 5.74) is 0. The van der Waals surface area contributed by atoms with E-state index in [1.54, 1.807) is 23.5 Å². The maximum atomic E-state index is 12.8. The maximum absolute atomic E-state index is 12.8. The zero-order chi connectivity index (χ0) is 29.5. The third kappa shape index (κ3) is 20.3. The SMILES string of the molecule is CCCCCCCCC=CC=CC=C[C@@H](SCC(NC(=O)C(F)(F)F)C(=O)NCC(=O)O)[C@@H](O)CCCCO. The molecule has 2 amide bonds. The Morgan fingerprint density at radius 2 is 1.62 bits per heavy atom. The average molecular weight is 581 g/mol. The number of aliphatic carboxylic acids is 1. The number of carboxylic acid groups (broad SMARTS) is 1. The van der Waals surface area contributed by atoms with E-state index in [9.17, 15) is 32.7 Å². The van der Waals surface area contributed by atoms with E-state index < -0.39 is 47.9 Å². The van der Waals surface area contributed by atoms with Crippen molar-refractivity contribution in [2.75, 3.05) is 18.9 Å². The summed E-state index contributed by atoms with van der Waals surface area (Å²) < 4.78 is 38.3. The molecule has 0 rings (SSSR count). The molecule has 0 saturated heterocycles. The van der Waals surface area contributed by atoms with Crippen molar-refractivity contribution in [1.29, 1.82) is 0 Å². The van der Waals surface area contributed by atoms with Crippen molar-refractivity contribution >= 4 is 29.5 Å². The highest BCUT2D eigenvalue weighted by Crippen LogP contribution is 2.22. The molecule has 1 unspecified atom stereocenters. The predicted molar refractivity (Wildman–Crippen MR) is 147 cm³/mol. The van der Waals surface area contributed by atoms with Crippen molar-refractivity contribution in [1.82, 2.24) is 10.6 Å². The van der Waals surface area contributed by atoms with Crippen LogP contribution < -0.4 is 10.6 Å². The van der Waals surface area contributed by atoms with Gasteiger partial charge in [-0.15, -0.1) is 11.8 Å². The van der Waals surface area contributed by atoms with Crippen LogP contribution in [0.2, 0.25) is 0 Å². The highest BCUT2D eigenvalue weighted by atomic mass is 32.2. The Morgan fingerprint density at radius 1 is 0.949 bits per heavy atom. The molecule has 5 N–H and O–H groups in total. The van der Waals surface area contributed by atoms with Gasteiger partial charge in [-0.1, -0.05) is 75.5 Å². The highest BCUT2D eigenvalue weighted by Gasteiger charge is 2.41. The smallest absolute Gasteiger partial charge is 0.471 e. The first-order valence-electron chi connectivity index (χ1n) is 13.3. The zero-order valence-corrected chi connectivity index (χ0v) is 23.3. The lowest BCUT2D eigenvalue weighted by Crippen LogP contribution is -2.52. The largest absolute Gasteiger partial charge is 0.480 e. The van der Waals surface area contributed by atoms with E-state index in [0.717, 1.165) is 24.6 Å². The Labute approximate surface area is 233 Å². The molecule has 3 atom stereocenters. The van der Waals surface area contributed by atoms with Crippen LogP contribution in [0.3, 0.4) is 0 Å². The van der Waals surface area contributed by atoms with Gasteiger partial charge in [-0.2, -0.15) is 13.2 Å². The first-order valence-corrected chi connectivity index (χ1v) is 14.4. The Hall–Kier alpha value is -2.31. The quantitative estimate of drug-likeness (QED) is 0.0953. The molecule has 0 bridgehead atoms. The van der Waals surface area contributed by atoms with Gasteiger partial charge in [-0.25, -0.2) is 0 Å². The number of hydrogen-bond donors (Lipinski definition) is 5. The minimum Gasteiger partial charge on any atom is -0.480 e. The number of halogens is 3. The van der Waals surface area contributed by atoms with Crippen molar-refractivity contribution in [2.24, 2.45) is 0 Å². The normalized spacial score (nSPS) is 14.6. The standard InChI is InChI=1S/C27H43F3N2O6S/c1-2-3-4-5-6-7-8-9-10-11-12-13-17-23(22(34)16-14-15-18-33)39-20-21(25(37)31-19-24(35)36)32-26(38)27(28,29)30/h9-13,17,21-23,33-34H,2-8,14-16,18-20H2,1H3,(H,31,37)(H,32,38)(H,35,36)/t21?,22-,23+/m0/s1. The fourth-order valence-electron chi connectivity index (χ4n) is 3.36. The number of amides is 2. The first kappa shape index (κ1) is 36.7. The summed E-state index contributed by atoms with van der Waals surface area (Å²) in [6.07, 6.45) is 14.2. The molecule has 8 nitrogen and oxygen atoms in total. The monoisotopic (exact) mass is 580 g/mol. The molecule has 0 aliphatic carbocycles. The van der Waals surface area contributed by atoms with Crippen molar-refractivity contribution in [3.8, 4) is 0 Å². The zero-order valence-electron chi connectivity index (χ0n) is 22.5. The molecule has 0 fully saturated rings. The average Bonchev–Trinajstić information content (AvgIpc) is 2.88. The minimum absolute atomic E-state index is 0.0521. The molecule has 12 heteroatoms. The summed E-state index contributed by atoms with van der Waals surface area (Å²) in [6, 6.07) is -1.68. The number of carbonyl (C=O) groups excluding carboxylic acids is 2. The highest BCUT2D eigenvalue weighted by molar-refractivity contribution is 8.00. The van der Waals surface area contributed by atoms with Gasteiger partial charge in [-0.3, -0.25) is 14.4 Å². The molecule has 0 aliphatic heterocycles. The van der Waals surface area contributed by atoms with Gasteiger partial charge < -0.3 is 26.0 Å². The van der Waals surface area contributed by atoms with Crippen LogP contribution in [0.5, 0.6) is 0 Å². The van der Waals surface area contributed by atoms with Crippen molar-refractivity contribution < 1.29 is 42.9 Å². The molecule has 0 radical (unpaired) electrons. The molecule has 0 spiro atoms. The van der Waals surface area contributed by atoms with Gasteiger partial charge in [-0.05, 0) is 32.1 Å². The first-order chi connectivity index (χ1) is 18.5. The Kier molecular flexibility index (Phi) is 21.2. The lowest BCUT2D eigenvalue weighted by molar-refractivity contribution is -0.174. The van der Waals surface area contributed by atoms with Gasteiger partial charge in [0.1, 0.15) is 12.6 Å². The summed E-state index contributed by atoms with van der Waals surface area (Å²) in [5, 5.41) is 31.2. The number of alkyl halides is 3. The molecule has 224 valence electrons. The summed E-state index contributed by atoms with van der Waals surface area (Å²) in [7, 11) is 0.